The number of carbonyl (C=O) groups is 1. The summed E-state index contributed by atoms with van der Waals surface area (Å²) in [4.78, 5) is 13.0. The third-order valence-electron chi connectivity index (χ3n) is 7.72. The van der Waals surface area contributed by atoms with Crippen molar-refractivity contribution in [3.8, 4) is 28.7 Å². The number of hydrogen-bond donors (Lipinski definition) is 8. The summed E-state index contributed by atoms with van der Waals surface area (Å²) in [5, 5.41) is 82.4. The van der Waals surface area contributed by atoms with Crippen LogP contribution >= 0.6 is 0 Å². The SMILES string of the molecule is COc1ccc([C@@H]2CC(=O)c3c(O)cc(O[C@@H]4OC(CO)[C@@H](O)[C@H](O)C4O[C@@H]4OC(C)[C@H](O)[C@H](O)C4O)cc3O2)cc1O. The maximum absolute atomic E-state index is 13.0. The molecule has 0 radical (unpaired) electrons. The van der Waals surface area contributed by atoms with Crippen molar-refractivity contribution in [3.05, 3.63) is 41.5 Å². The van der Waals surface area contributed by atoms with Crippen molar-refractivity contribution in [1.82, 2.24) is 0 Å². The van der Waals surface area contributed by atoms with Gasteiger partial charge in [0.05, 0.1) is 26.2 Å². The van der Waals surface area contributed by atoms with Crippen molar-refractivity contribution in [2.45, 2.75) is 80.9 Å². The van der Waals surface area contributed by atoms with Crippen LogP contribution in [0.1, 0.15) is 35.4 Å². The topological polar surface area (TPSA) is 234 Å². The molecule has 236 valence electrons. The molecule has 5 rings (SSSR count). The number of benzene rings is 2. The highest BCUT2D eigenvalue weighted by atomic mass is 16.8. The molecule has 43 heavy (non-hydrogen) atoms. The van der Waals surface area contributed by atoms with E-state index in [1.54, 1.807) is 6.07 Å². The molecular weight excluding hydrogens is 576 g/mol. The van der Waals surface area contributed by atoms with Gasteiger partial charge < -0.3 is 69.3 Å². The lowest BCUT2D eigenvalue weighted by Gasteiger charge is -2.45. The summed E-state index contributed by atoms with van der Waals surface area (Å²) >= 11 is 0. The number of phenols is 2. The van der Waals surface area contributed by atoms with Crippen LogP contribution in [-0.4, -0.2) is 122 Å². The third-order valence-corrected chi connectivity index (χ3v) is 7.72. The van der Waals surface area contributed by atoms with Crippen LogP contribution in [-0.2, 0) is 14.2 Å². The number of ketones is 1. The van der Waals surface area contributed by atoms with Crippen molar-refractivity contribution in [1.29, 1.82) is 0 Å². The Morgan fingerprint density at radius 3 is 2.30 bits per heavy atom. The van der Waals surface area contributed by atoms with E-state index in [0.717, 1.165) is 6.07 Å². The first-order valence-corrected chi connectivity index (χ1v) is 13.5. The molecule has 3 heterocycles. The summed E-state index contributed by atoms with van der Waals surface area (Å²) in [5.74, 6) is -1.06. The molecular formula is C28H34O15. The molecule has 15 nitrogen and oxygen atoms in total. The van der Waals surface area contributed by atoms with Gasteiger partial charge in [0, 0.05) is 12.1 Å². The highest BCUT2D eigenvalue weighted by Crippen LogP contribution is 2.43. The average molecular weight is 611 g/mol. The molecule has 2 aromatic carbocycles. The molecule has 2 fully saturated rings. The van der Waals surface area contributed by atoms with Crippen LogP contribution in [0.4, 0.5) is 0 Å². The fraction of sp³-hybridized carbons (Fsp3) is 0.536. The summed E-state index contributed by atoms with van der Waals surface area (Å²) in [5.41, 5.74) is 0.352. The molecule has 2 saturated heterocycles. The van der Waals surface area contributed by atoms with Crippen LogP contribution in [0.15, 0.2) is 30.3 Å². The lowest BCUT2D eigenvalue weighted by atomic mass is 9.95. The smallest absolute Gasteiger partial charge is 0.229 e. The number of ether oxygens (including phenoxy) is 6. The largest absolute Gasteiger partial charge is 0.507 e. The number of Topliss-reactive ketones (excluding diaryl/α,β-unsaturated/α-hetero) is 1. The molecule has 8 N–H and O–H groups in total. The van der Waals surface area contributed by atoms with E-state index >= 15 is 0 Å². The number of fused-ring (bicyclic) bond motifs is 1. The molecule has 0 spiro atoms. The van der Waals surface area contributed by atoms with Crippen LogP contribution in [0.5, 0.6) is 28.7 Å². The maximum atomic E-state index is 13.0. The predicted octanol–water partition coefficient (Wildman–Crippen LogP) is -1.16. The molecule has 11 atom stereocenters. The zero-order valence-electron chi connectivity index (χ0n) is 23.1. The van der Waals surface area contributed by atoms with Crippen LogP contribution in [0.3, 0.4) is 0 Å². The van der Waals surface area contributed by atoms with Crippen molar-refractivity contribution < 1.29 is 74.1 Å². The maximum Gasteiger partial charge on any atom is 0.229 e. The summed E-state index contributed by atoms with van der Waals surface area (Å²) in [6.45, 7) is 0.699. The summed E-state index contributed by atoms with van der Waals surface area (Å²) in [6.07, 6.45) is -16.3. The Kier molecular flexibility index (Phi) is 8.99. The number of aromatic hydroxyl groups is 2. The van der Waals surface area contributed by atoms with Gasteiger partial charge in [-0.2, -0.15) is 0 Å². The monoisotopic (exact) mass is 610 g/mol. The second-order valence-electron chi connectivity index (χ2n) is 10.6. The van der Waals surface area contributed by atoms with E-state index < -0.39 is 85.7 Å². The second-order valence-corrected chi connectivity index (χ2v) is 10.6. The van der Waals surface area contributed by atoms with E-state index in [-0.39, 0.29) is 35.0 Å². The van der Waals surface area contributed by atoms with Gasteiger partial charge in [-0.05, 0) is 24.6 Å². The van der Waals surface area contributed by atoms with Gasteiger partial charge in [0.25, 0.3) is 0 Å². The molecule has 3 aliphatic rings. The Labute approximate surface area is 245 Å². The van der Waals surface area contributed by atoms with Gasteiger partial charge in [-0.3, -0.25) is 4.79 Å². The summed E-state index contributed by atoms with van der Waals surface area (Å²) in [6, 6.07) is 6.89. The van der Waals surface area contributed by atoms with Gasteiger partial charge >= 0.3 is 0 Å². The zero-order valence-corrected chi connectivity index (χ0v) is 23.1. The predicted molar refractivity (Wildman–Crippen MR) is 141 cm³/mol. The highest BCUT2D eigenvalue weighted by molar-refractivity contribution is 6.02. The standard InChI is InChI=1S/C28H34O15/c1-10-21(33)23(35)25(37)27(39-10)43-26-24(36)22(34)19(9-29)42-28(26)40-12-6-14(31)20-15(32)8-17(41-18(20)7-12)11-3-4-16(38-2)13(30)5-11/h3-7,10,17,19,21-31,33-37H,8-9H2,1-2H3/t10?,17-,19?,21-,22+,23-,24-,25?,26?,27-,28+/m0/s1. The lowest BCUT2D eigenvalue weighted by molar-refractivity contribution is -0.354. The van der Waals surface area contributed by atoms with Crippen LogP contribution in [0.25, 0.3) is 0 Å². The molecule has 3 aliphatic heterocycles. The third kappa shape index (κ3) is 5.95. The minimum absolute atomic E-state index is 0.0592. The molecule has 0 aliphatic carbocycles. The van der Waals surface area contributed by atoms with Crippen LogP contribution < -0.4 is 14.2 Å². The summed E-state index contributed by atoms with van der Waals surface area (Å²) < 4.78 is 33.7. The molecule has 0 amide bonds. The first kappa shape index (κ1) is 31.2. The van der Waals surface area contributed by atoms with E-state index in [4.69, 9.17) is 28.4 Å². The minimum Gasteiger partial charge on any atom is -0.507 e. The van der Waals surface area contributed by atoms with Crippen molar-refractivity contribution in [2.24, 2.45) is 0 Å². The average Bonchev–Trinajstić information content (AvgIpc) is 2.97. The Morgan fingerprint density at radius 1 is 0.884 bits per heavy atom. The number of rotatable bonds is 7. The van der Waals surface area contributed by atoms with Gasteiger partial charge in [-0.25, -0.2) is 0 Å². The molecule has 0 saturated carbocycles. The van der Waals surface area contributed by atoms with Crippen molar-refractivity contribution in [2.75, 3.05) is 13.7 Å². The van der Waals surface area contributed by atoms with E-state index in [0.29, 0.717) is 5.56 Å². The second kappa shape index (κ2) is 12.4. The van der Waals surface area contributed by atoms with Crippen LogP contribution in [0.2, 0.25) is 0 Å². The minimum atomic E-state index is -1.76. The Morgan fingerprint density at radius 2 is 1.63 bits per heavy atom. The van der Waals surface area contributed by atoms with Gasteiger partial charge in [0.15, 0.2) is 29.7 Å². The number of aliphatic hydroxyl groups is 6. The Bertz CT molecular complexity index is 1320. The first-order valence-electron chi connectivity index (χ1n) is 13.5. The molecule has 4 unspecified atom stereocenters. The fourth-order valence-electron chi connectivity index (χ4n) is 5.29. The molecule has 0 bridgehead atoms. The van der Waals surface area contributed by atoms with E-state index in [1.807, 2.05) is 0 Å². The van der Waals surface area contributed by atoms with Crippen molar-refractivity contribution in [3.63, 3.8) is 0 Å². The van der Waals surface area contributed by atoms with Gasteiger partial charge in [-0.15, -0.1) is 0 Å². The number of hydrogen-bond acceptors (Lipinski definition) is 15. The fourth-order valence-corrected chi connectivity index (χ4v) is 5.29. The normalized spacial score (nSPS) is 36.0. The number of phenolic OH excluding ortho intramolecular Hbond substituents is 2. The van der Waals surface area contributed by atoms with Crippen LogP contribution in [0, 0.1) is 0 Å². The van der Waals surface area contributed by atoms with Gasteiger partial charge in [-0.1, -0.05) is 6.07 Å². The molecule has 15 heteroatoms. The quantitative estimate of drug-likeness (QED) is 0.185. The Balaban J connectivity index is 1.41. The molecule has 2 aromatic rings. The molecule has 0 aromatic heterocycles. The number of aliphatic hydroxyl groups excluding tert-OH is 6. The van der Waals surface area contributed by atoms with E-state index in [2.05, 4.69) is 0 Å². The Hall–Kier alpha value is -3.25. The van der Waals surface area contributed by atoms with Gasteiger partial charge in [0.2, 0.25) is 6.29 Å². The number of methoxy groups -OCH3 is 1. The van der Waals surface area contributed by atoms with Crippen molar-refractivity contribution >= 4 is 5.78 Å². The lowest BCUT2D eigenvalue weighted by Crippen LogP contribution is -2.64. The van der Waals surface area contributed by atoms with E-state index in [9.17, 15) is 45.6 Å². The zero-order chi connectivity index (χ0) is 31.2. The van der Waals surface area contributed by atoms with E-state index in [1.165, 1.54) is 32.2 Å². The highest BCUT2D eigenvalue weighted by Gasteiger charge is 2.51. The summed E-state index contributed by atoms with van der Waals surface area (Å²) in [7, 11) is 1.39. The number of carbonyl (C=O) groups excluding carboxylic acids is 1. The first-order chi connectivity index (χ1) is 20.4. The van der Waals surface area contributed by atoms with Gasteiger partial charge in [0.1, 0.15) is 65.5 Å².